The van der Waals surface area contributed by atoms with Crippen LogP contribution in [0.5, 0.6) is 0 Å². The summed E-state index contributed by atoms with van der Waals surface area (Å²) in [7, 11) is 0.352. The summed E-state index contributed by atoms with van der Waals surface area (Å²) in [6.07, 6.45) is -1.00. The number of benzene rings is 1. The molecule has 1 saturated heterocycles. The van der Waals surface area contributed by atoms with Gasteiger partial charge in [0.25, 0.3) is 5.91 Å². The van der Waals surface area contributed by atoms with Gasteiger partial charge in [0.1, 0.15) is 17.8 Å². The Hall–Kier alpha value is -3.57. The first-order chi connectivity index (χ1) is 18.5. The maximum Gasteiger partial charge on any atom is 0.602 e. The van der Waals surface area contributed by atoms with Crippen LogP contribution < -0.4 is 5.32 Å². The van der Waals surface area contributed by atoms with Gasteiger partial charge in [-0.1, -0.05) is 50.2 Å². The van der Waals surface area contributed by atoms with E-state index in [-0.39, 0.29) is 24.6 Å². The Labute approximate surface area is 229 Å². The van der Waals surface area contributed by atoms with Crippen LogP contribution in [0.2, 0.25) is 5.82 Å². The standard InChI is InChI=1S/C28H36BN3O7/c1-17(2)14-21(29-38-25(35)16-32(5)18(3)28(37)39-29)15-24(34)26(19(4)33)31-27(36)23-13-9-12-22(30-23)20-10-7-6-8-11-20/h6-13,17-19,21,26,33H,14-16H2,1-5H3,(H,31,36)/t18-,19+,21+,26-/m0/s1. The predicted octanol–water partition coefficient (Wildman–Crippen LogP) is 2.51. The number of carbonyl (C=O) groups excluding carboxylic acids is 4. The molecule has 1 aliphatic heterocycles. The lowest BCUT2D eigenvalue weighted by Crippen LogP contribution is -2.51. The molecule has 2 aromatic rings. The van der Waals surface area contributed by atoms with Crippen molar-refractivity contribution in [1.29, 1.82) is 0 Å². The average molecular weight is 537 g/mol. The molecule has 4 atom stereocenters. The van der Waals surface area contributed by atoms with Gasteiger partial charge in [0.05, 0.1) is 18.3 Å². The lowest BCUT2D eigenvalue weighted by molar-refractivity contribution is -0.150. The Morgan fingerprint density at radius 2 is 1.79 bits per heavy atom. The number of aliphatic hydroxyl groups excluding tert-OH is 1. The first-order valence-corrected chi connectivity index (χ1v) is 13.1. The van der Waals surface area contributed by atoms with Crippen LogP contribution in [-0.2, 0) is 23.7 Å². The zero-order chi connectivity index (χ0) is 28.7. The van der Waals surface area contributed by atoms with E-state index >= 15 is 0 Å². The molecule has 0 aliphatic carbocycles. The third-order valence-electron chi connectivity index (χ3n) is 6.65. The largest absolute Gasteiger partial charge is 0.602 e. The molecule has 2 N–H and O–H groups in total. The first-order valence-electron chi connectivity index (χ1n) is 13.1. The highest BCUT2D eigenvalue weighted by molar-refractivity contribution is 6.51. The number of pyridine rings is 1. The average Bonchev–Trinajstić information content (AvgIpc) is 2.89. The maximum absolute atomic E-state index is 13.4. The topological polar surface area (TPSA) is 135 Å². The van der Waals surface area contributed by atoms with Crippen LogP contribution in [0.15, 0.2) is 48.5 Å². The van der Waals surface area contributed by atoms with Crippen molar-refractivity contribution in [3.63, 3.8) is 0 Å². The fraction of sp³-hybridized carbons (Fsp3) is 0.464. The molecule has 208 valence electrons. The molecule has 0 unspecified atom stereocenters. The highest BCUT2D eigenvalue weighted by Gasteiger charge is 2.43. The van der Waals surface area contributed by atoms with Crippen molar-refractivity contribution in [2.45, 2.75) is 64.5 Å². The molecule has 0 spiro atoms. The van der Waals surface area contributed by atoms with Crippen molar-refractivity contribution in [3.8, 4) is 11.3 Å². The minimum Gasteiger partial charge on any atom is -0.498 e. The van der Waals surface area contributed by atoms with Gasteiger partial charge in [-0.2, -0.15) is 0 Å². The lowest BCUT2D eigenvalue weighted by Gasteiger charge is -2.31. The third kappa shape index (κ3) is 8.21. The predicted molar refractivity (Wildman–Crippen MR) is 145 cm³/mol. The number of hydrogen-bond acceptors (Lipinski definition) is 9. The minimum absolute atomic E-state index is 0.0789. The fourth-order valence-corrected chi connectivity index (χ4v) is 4.41. The number of amides is 1. The Morgan fingerprint density at radius 1 is 1.10 bits per heavy atom. The number of Topliss-reactive ketones (excluding diaryl/α,β-unsaturated/α-hetero) is 1. The number of likely N-dealkylation sites (N-methyl/N-ethyl adjacent to an activating group) is 1. The van der Waals surface area contributed by atoms with Crippen LogP contribution in [0, 0.1) is 5.92 Å². The smallest absolute Gasteiger partial charge is 0.498 e. The number of carbonyl (C=O) groups is 4. The molecule has 10 nitrogen and oxygen atoms in total. The van der Waals surface area contributed by atoms with Crippen LogP contribution in [0.1, 0.15) is 51.0 Å². The van der Waals surface area contributed by atoms with Crippen LogP contribution >= 0.6 is 0 Å². The van der Waals surface area contributed by atoms with Crippen molar-refractivity contribution in [2.24, 2.45) is 5.92 Å². The van der Waals surface area contributed by atoms with Crippen molar-refractivity contribution in [3.05, 3.63) is 54.2 Å². The van der Waals surface area contributed by atoms with Gasteiger partial charge in [0.2, 0.25) is 0 Å². The second kappa shape index (κ2) is 13.5. The van der Waals surface area contributed by atoms with Crippen LogP contribution in [0.3, 0.4) is 0 Å². The SMILES string of the molecule is CC(C)C[C@H](CC(=O)[C@@H](NC(=O)c1cccc(-c2ccccc2)n1)[C@@H](C)O)B1OC(=O)CN(C)[C@@H](C)C(=O)O1. The number of hydrogen-bond donors (Lipinski definition) is 2. The van der Waals surface area contributed by atoms with E-state index < -0.39 is 54.8 Å². The molecule has 1 fully saturated rings. The normalized spacial score (nSPS) is 18.8. The monoisotopic (exact) mass is 537 g/mol. The number of aromatic nitrogens is 1. The van der Waals surface area contributed by atoms with Crippen LogP contribution in [0.4, 0.5) is 0 Å². The number of aliphatic hydroxyl groups is 1. The molecule has 1 aromatic heterocycles. The molecule has 2 heterocycles. The summed E-state index contributed by atoms with van der Waals surface area (Å²) in [5.74, 6) is -2.83. The second-order valence-corrected chi connectivity index (χ2v) is 10.4. The van der Waals surface area contributed by atoms with Gasteiger partial charge in [-0.05, 0) is 45.4 Å². The number of nitrogens with zero attached hydrogens (tertiary/aromatic N) is 2. The van der Waals surface area contributed by atoms with E-state index in [9.17, 15) is 24.3 Å². The summed E-state index contributed by atoms with van der Waals surface area (Å²) >= 11 is 0. The summed E-state index contributed by atoms with van der Waals surface area (Å²) in [5, 5.41) is 13.0. The zero-order valence-electron chi connectivity index (χ0n) is 23.0. The molecule has 11 heteroatoms. The van der Waals surface area contributed by atoms with Crippen molar-refractivity contribution >= 4 is 30.7 Å². The number of rotatable bonds is 10. The van der Waals surface area contributed by atoms with Gasteiger partial charge in [-0.15, -0.1) is 0 Å². The first kappa shape index (κ1) is 30.0. The van der Waals surface area contributed by atoms with Crippen LogP contribution in [-0.4, -0.2) is 77.5 Å². The quantitative estimate of drug-likeness (QED) is 0.439. The molecule has 39 heavy (non-hydrogen) atoms. The Morgan fingerprint density at radius 3 is 2.44 bits per heavy atom. The van der Waals surface area contributed by atoms with Gasteiger partial charge in [0.15, 0.2) is 5.78 Å². The highest BCUT2D eigenvalue weighted by atomic mass is 16.6. The van der Waals surface area contributed by atoms with Gasteiger partial charge < -0.3 is 19.7 Å². The van der Waals surface area contributed by atoms with Gasteiger partial charge in [-0.3, -0.25) is 24.1 Å². The summed E-state index contributed by atoms with van der Waals surface area (Å²) < 4.78 is 11.0. The van der Waals surface area contributed by atoms with Gasteiger partial charge in [0, 0.05) is 17.8 Å². The van der Waals surface area contributed by atoms with Crippen molar-refractivity contribution in [1.82, 2.24) is 15.2 Å². The molecule has 0 bridgehead atoms. The van der Waals surface area contributed by atoms with Crippen LogP contribution in [0.25, 0.3) is 11.3 Å². The molecular formula is C28H36BN3O7. The molecule has 1 amide bonds. The fourth-order valence-electron chi connectivity index (χ4n) is 4.41. The minimum atomic E-state index is -1.26. The molecule has 3 rings (SSSR count). The summed E-state index contributed by atoms with van der Waals surface area (Å²) in [4.78, 5) is 57.4. The van der Waals surface area contributed by atoms with Gasteiger partial charge >= 0.3 is 19.1 Å². The van der Waals surface area contributed by atoms with E-state index in [0.717, 1.165) is 5.56 Å². The molecular weight excluding hydrogens is 501 g/mol. The summed E-state index contributed by atoms with van der Waals surface area (Å²) in [6.45, 7) is 6.79. The third-order valence-corrected chi connectivity index (χ3v) is 6.65. The van der Waals surface area contributed by atoms with Crippen molar-refractivity contribution in [2.75, 3.05) is 13.6 Å². The van der Waals surface area contributed by atoms with E-state index in [1.807, 2.05) is 44.2 Å². The molecule has 0 radical (unpaired) electrons. The van der Waals surface area contributed by atoms with Gasteiger partial charge in [-0.25, -0.2) is 4.98 Å². The summed E-state index contributed by atoms with van der Waals surface area (Å²) in [6, 6.07) is 12.4. The molecule has 1 aromatic carbocycles. The van der Waals surface area contributed by atoms with E-state index in [1.54, 1.807) is 26.1 Å². The Kier molecular flexibility index (Phi) is 10.4. The van der Waals surface area contributed by atoms with E-state index in [2.05, 4.69) is 10.3 Å². The lowest BCUT2D eigenvalue weighted by atomic mass is 9.64. The summed E-state index contributed by atoms with van der Waals surface area (Å²) in [5.41, 5.74) is 1.51. The number of ketones is 1. The van der Waals surface area contributed by atoms with E-state index in [1.165, 1.54) is 17.9 Å². The Balaban J connectivity index is 1.78. The highest BCUT2D eigenvalue weighted by Crippen LogP contribution is 2.29. The van der Waals surface area contributed by atoms with E-state index in [4.69, 9.17) is 9.31 Å². The zero-order valence-corrected chi connectivity index (χ0v) is 23.0. The maximum atomic E-state index is 13.4. The second-order valence-electron chi connectivity index (χ2n) is 10.4. The Bertz CT molecular complexity index is 1170. The number of nitrogens with one attached hydrogen (secondary N) is 1. The van der Waals surface area contributed by atoms with E-state index in [0.29, 0.717) is 12.1 Å². The van der Waals surface area contributed by atoms with Crippen molar-refractivity contribution < 1.29 is 33.6 Å². The molecule has 0 saturated carbocycles. The molecule has 1 aliphatic rings.